The van der Waals surface area contributed by atoms with Gasteiger partial charge in [-0.2, -0.15) is 0 Å². The van der Waals surface area contributed by atoms with Crippen molar-refractivity contribution in [2.45, 2.75) is 19.5 Å². The quantitative estimate of drug-likeness (QED) is 0.788. The average Bonchev–Trinajstić information content (AvgIpc) is 2.94. The van der Waals surface area contributed by atoms with Crippen LogP contribution in [-0.2, 0) is 19.5 Å². The summed E-state index contributed by atoms with van der Waals surface area (Å²) in [6.07, 6.45) is 2.45. The second-order valence-electron chi connectivity index (χ2n) is 5.29. The van der Waals surface area contributed by atoms with Crippen LogP contribution < -0.4 is 10.9 Å². The third-order valence-electron chi connectivity index (χ3n) is 3.97. The van der Waals surface area contributed by atoms with Crippen molar-refractivity contribution in [3.05, 3.63) is 63.1 Å². The topological polar surface area (TPSA) is 46.9 Å². The van der Waals surface area contributed by atoms with E-state index in [2.05, 4.69) is 27.8 Å². The first-order valence-electron chi connectivity index (χ1n) is 7.06. The first-order chi connectivity index (χ1) is 10.3. The van der Waals surface area contributed by atoms with Gasteiger partial charge in [-0.25, -0.2) is 4.98 Å². The maximum atomic E-state index is 12.6. The predicted molar refractivity (Wildman–Crippen MR) is 84.8 cm³/mol. The number of fused-ring (bicyclic) bond motifs is 2. The summed E-state index contributed by atoms with van der Waals surface area (Å²) in [5.74, 6) is 0. The molecule has 1 N–H and O–H groups in total. The first kappa shape index (κ1) is 12.7. The summed E-state index contributed by atoms with van der Waals surface area (Å²) in [5, 5.41) is 6.62. The lowest BCUT2D eigenvalue weighted by Gasteiger charge is -2.16. The van der Waals surface area contributed by atoms with E-state index >= 15 is 0 Å². The van der Waals surface area contributed by atoms with E-state index in [4.69, 9.17) is 0 Å². The zero-order valence-electron chi connectivity index (χ0n) is 11.5. The second-order valence-corrected chi connectivity index (χ2v) is 6.20. The van der Waals surface area contributed by atoms with Gasteiger partial charge in [0.25, 0.3) is 5.56 Å². The van der Waals surface area contributed by atoms with Gasteiger partial charge in [0.15, 0.2) is 0 Å². The molecule has 2 aromatic heterocycles. The Morgan fingerprint density at radius 1 is 1.33 bits per heavy atom. The van der Waals surface area contributed by atoms with Crippen molar-refractivity contribution in [3.8, 4) is 0 Å². The number of nitrogens with zero attached hydrogens (tertiary/aromatic N) is 2. The van der Waals surface area contributed by atoms with Gasteiger partial charge in [0.05, 0.1) is 18.6 Å². The van der Waals surface area contributed by atoms with Gasteiger partial charge in [-0.05, 0) is 35.4 Å². The van der Waals surface area contributed by atoms with E-state index in [0.717, 1.165) is 24.2 Å². The second kappa shape index (κ2) is 5.09. The summed E-state index contributed by atoms with van der Waals surface area (Å²) in [5.41, 5.74) is 3.07. The van der Waals surface area contributed by atoms with Crippen molar-refractivity contribution in [2.75, 3.05) is 6.54 Å². The van der Waals surface area contributed by atoms with Crippen molar-refractivity contribution in [1.29, 1.82) is 0 Å². The fraction of sp³-hybridized carbons (Fsp3) is 0.250. The lowest BCUT2D eigenvalue weighted by molar-refractivity contribution is 0.597. The SMILES string of the molecule is O=c1c2c(ncn1Cc1csc3ccccc13)CNCC2. The van der Waals surface area contributed by atoms with Gasteiger partial charge in [-0.1, -0.05) is 18.2 Å². The molecular formula is C16H15N3OS. The molecule has 4 nitrogen and oxygen atoms in total. The normalized spacial score (nSPS) is 14.3. The molecule has 0 saturated carbocycles. The summed E-state index contributed by atoms with van der Waals surface area (Å²) >= 11 is 1.72. The van der Waals surface area contributed by atoms with Crippen LogP contribution >= 0.6 is 11.3 Å². The Labute approximate surface area is 126 Å². The molecule has 0 fully saturated rings. The molecule has 0 bridgehead atoms. The Balaban J connectivity index is 1.76. The molecule has 3 heterocycles. The Morgan fingerprint density at radius 2 is 2.24 bits per heavy atom. The number of aromatic nitrogens is 2. The van der Waals surface area contributed by atoms with Crippen LogP contribution in [0.25, 0.3) is 10.1 Å². The Bertz CT molecular complexity index is 865. The van der Waals surface area contributed by atoms with E-state index in [0.29, 0.717) is 13.1 Å². The molecule has 0 saturated heterocycles. The number of benzene rings is 1. The van der Waals surface area contributed by atoms with Gasteiger partial charge in [0.1, 0.15) is 0 Å². The highest BCUT2D eigenvalue weighted by atomic mass is 32.1. The Kier molecular flexibility index (Phi) is 3.09. The third-order valence-corrected chi connectivity index (χ3v) is 4.98. The molecule has 1 aromatic carbocycles. The average molecular weight is 297 g/mol. The molecule has 0 radical (unpaired) electrons. The fourth-order valence-electron chi connectivity index (χ4n) is 2.84. The van der Waals surface area contributed by atoms with Crippen LogP contribution in [0, 0.1) is 0 Å². The molecule has 3 aromatic rings. The van der Waals surface area contributed by atoms with Crippen LogP contribution in [0.5, 0.6) is 0 Å². The minimum atomic E-state index is 0.108. The van der Waals surface area contributed by atoms with Gasteiger partial charge >= 0.3 is 0 Å². The van der Waals surface area contributed by atoms with E-state index in [1.807, 2.05) is 12.1 Å². The van der Waals surface area contributed by atoms with E-state index in [-0.39, 0.29) is 5.56 Å². The maximum absolute atomic E-state index is 12.6. The van der Waals surface area contributed by atoms with Crippen LogP contribution in [0.4, 0.5) is 0 Å². The first-order valence-corrected chi connectivity index (χ1v) is 7.94. The van der Waals surface area contributed by atoms with Gasteiger partial charge in [0.2, 0.25) is 0 Å². The third kappa shape index (κ3) is 2.18. The summed E-state index contributed by atoms with van der Waals surface area (Å²) in [6, 6.07) is 8.31. The fourth-order valence-corrected chi connectivity index (χ4v) is 3.80. The minimum Gasteiger partial charge on any atom is -0.311 e. The molecule has 106 valence electrons. The molecule has 0 aliphatic carbocycles. The highest BCUT2D eigenvalue weighted by Crippen LogP contribution is 2.26. The van der Waals surface area contributed by atoms with Crippen molar-refractivity contribution < 1.29 is 0 Å². The Hall–Kier alpha value is -1.98. The summed E-state index contributed by atoms with van der Waals surface area (Å²) < 4.78 is 2.99. The number of rotatable bonds is 2. The summed E-state index contributed by atoms with van der Waals surface area (Å²) in [4.78, 5) is 17.0. The van der Waals surface area contributed by atoms with E-state index < -0.39 is 0 Å². The molecule has 1 aliphatic rings. The standard InChI is InChI=1S/C16H15N3OS/c20-16-13-5-6-17-7-14(13)18-10-19(16)8-11-9-21-15-4-2-1-3-12(11)15/h1-4,9-10,17H,5-8H2. The van der Waals surface area contributed by atoms with Crippen LogP contribution in [0.15, 0.2) is 40.8 Å². The van der Waals surface area contributed by atoms with Crippen LogP contribution in [0.2, 0.25) is 0 Å². The molecular weight excluding hydrogens is 282 g/mol. The van der Waals surface area contributed by atoms with Crippen LogP contribution in [-0.4, -0.2) is 16.1 Å². The number of thiophene rings is 1. The molecule has 0 amide bonds. The smallest absolute Gasteiger partial charge is 0.257 e. The monoisotopic (exact) mass is 297 g/mol. The molecule has 5 heteroatoms. The van der Waals surface area contributed by atoms with Crippen molar-refractivity contribution in [3.63, 3.8) is 0 Å². The largest absolute Gasteiger partial charge is 0.311 e. The van der Waals surface area contributed by atoms with Crippen molar-refractivity contribution >= 4 is 21.4 Å². The van der Waals surface area contributed by atoms with Gasteiger partial charge in [-0.3, -0.25) is 9.36 Å². The van der Waals surface area contributed by atoms with E-state index in [9.17, 15) is 4.79 Å². The van der Waals surface area contributed by atoms with Crippen molar-refractivity contribution in [1.82, 2.24) is 14.9 Å². The molecule has 0 atom stereocenters. The van der Waals surface area contributed by atoms with Crippen molar-refractivity contribution in [2.24, 2.45) is 0 Å². The number of hydrogen-bond acceptors (Lipinski definition) is 4. The Morgan fingerprint density at radius 3 is 3.19 bits per heavy atom. The van der Waals surface area contributed by atoms with Gasteiger partial charge < -0.3 is 5.32 Å². The van der Waals surface area contributed by atoms with Gasteiger partial charge in [-0.15, -0.1) is 11.3 Å². The molecule has 21 heavy (non-hydrogen) atoms. The minimum absolute atomic E-state index is 0.108. The van der Waals surface area contributed by atoms with E-state index in [1.54, 1.807) is 22.2 Å². The molecule has 4 rings (SSSR count). The van der Waals surface area contributed by atoms with Gasteiger partial charge in [0, 0.05) is 16.8 Å². The number of nitrogens with one attached hydrogen (secondary N) is 1. The summed E-state index contributed by atoms with van der Waals surface area (Å²) in [7, 11) is 0. The lowest BCUT2D eigenvalue weighted by Crippen LogP contribution is -2.34. The summed E-state index contributed by atoms with van der Waals surface area (Å²) in [6.45, 7) is 2.15. The molecule has 1 aliphatic heterocycles. The van der Waals surface area contributed by atoms with Crippen LogP contribution in [0.1, 0.15) is 16.8 Å². The molecule has 0 unspecified atom stereocenters. The van der Waals surface area contributed by atoms with Crippen LogP contribution in [0.3, 0.4) is 0 Å². The highest BCUT2D eigenvalue weighted by Gasteiger charge is 2.15. The lowest BCUT2D eigenvalue weighted by atomic mass is 10.1. The zero-order valence-corrected chi connectivity index (χ0v) is 12.3. The predicted octanol–water partition coefficient (Wildman–Crippen LogP) is 2.15. The maximum Gasteiger partial charge on any atom is 0.257 e. The number of hydrogen-bond donors (Lipinski definition) is 1. The highest BCUT2D eigenvalue weighted by molar-refractivity contribution is 7.17. The van der Waals surface area contributed by atoms with E-state index in [1.165, 1.54) is 15.6 Å². The molecule has 0 spiro atoms. The zero-order chi connectivity index (χ0) is 14.2.